The van der Waals surface area contributed by atoms with Crippen LogP contribution in [-0.2, 0) is 6.42 Å². The fourth-order valence-corrected chi connectivity index (χ4v) is 5.49. The summed E-state index contributed by atoms with van der Waals surface area (Å²) in [5, 5.41) is 12.0. The van der Waals surface area contributed by atoms with Crippen molar-refractivity contribution >= 4 is 29.1 Å². The largest absolute Gasteiger partial charge is 0.497 e. The van der Waals surface area contributed by atoms with Gasteiger partial charge in [0.05, 0.1) is 22.8 Å². The van der Waals surface area contributed by atoms with Crippen molar-refractivity contribution in [2.24, 2.45) is 5.92 Å². The molecule has 2 aromatic carbocycles. The molecule has 1 N–H and O–H groups in total. The minimum atomic E-state index is -0.569. The number of nitrogens with zero attached hydrogens (tertiary/aromatic N) is 2. The van der Waals surface area contributed by atoms with Crippen LogP contribution >= 0.6 is 23.2 Å². The first-order valence-electron chi connectivity index (χ1n) is 12.2. The number of halogens is 2. The lowest BCUT2D eigenvalue weighted by Gasteiger charge is -2.39. The summed E-state index contributed by atoms with van der Waals surface area (Å²) in [6, 6.07) is 13.2. The summed E-state index contributed by atoms with van der Waals surface area (Å²) in [5.41, 5.74) is 1.27. The van der Waals surface area contributed by atoms with E-state index in [2.05, 4.69) is 17.0 Å². The van der Waals surface area contributed by atoms with Crippen molar-refractivity contribution in [3.05, 3.63) is 63.6 Å². The van der Waals surface area contributed by atoms with Gasteiger partial charge in [-0.15, -0.1) is 0 Å². The van der Waals surface area contributed by atoms with E-state index < -0.39 is 5.60 Å². The Labute approximate surface area is 212 Å². The average molecular weight is 505 g/mol. The van der Waals surface area contributed by atoms with Gasteiger partial charge in [0.15, 0.2) is 0 Å². The average Bonchev–Trinajstić information content (AvgIpc) is 3.30. The highest BCUT2D eigenvalue weighted by molar-refractivity contribution is 6.42. The topological polar surface area (TPSA) is 53.0 Å². The van der Waals surface area contributed by atoms with Gasteiger partial charge in [-0.2, -0.15) is 0 Å². The highest BCUT2D eigenvalue weighted by Crippen LogP contribution is 2.30. The molecular formula is C27H34Cl2N2O3. The Morgan fingerprint density at radius 1 is 1.12 bits per heavy atom. The second kappa shape index (κ2) is 11.3. The lowest BCUT2D eigenvalue weighted by molar-refractivity contribution is -0.0312. The number of amides is 1. The third-order valence-electron chi connectivity index (χ3n) is 7.28. The minimum absolute atomic E-state index is 0.0186. The molecule has 1 unspecified atom stereocenters. The molecule has 0 aliphatic carbocycles. The zero-order valence-corrected chi connectivity index (χ0v) is 21.3. The normalized spacial score (nSPS) is 20.5. The fraction of sp³-hybridized carbons (Fsp3) is 0.519. The van der Waals surface area contributed by atoms with Crippen LogP contribution in [0.5, 0.6) is 5.75 Å². The quantitative estimate of drug-likeness (QED) is 0.528. The summed E-state index contributed by atoms with van der Waals surface area (Å²) in [6.07, 6.45) is 5.38. The molecule has 2 aliphatic rings. The van der Waals surface area contributed by atoms with E-state index in [0.29, 0.717) is 21.5 Å². The number of ether oxygens (including phenoxy) is 1. The van der Waals surface area contributed by atoms with E-state index in [0.717, 1.165) is 77.0 Å². The SMILES string of the molecule is COc1cccc(CCCC2(O)CCN(CC3CCN(C(=O)c4ccc(Cl)c(Cl)c4)C3)CC2)c1. The first-order valence-corrected chi connectivity index (χ1v) is 12.9. The third kappa shape index (κ3) is 6.45. The van der Waals surface area contributed by atoms with Crippen LogP contribution in [0.3, 0.4) is 0 Å². The molecular weight excluding hydrogens is 471 g/mol. The summed E-state index contributed by atoms with van der Waals surface area (Å²) < 4.78 is 5.30. The fourth-order valence-electron chi connectivity index (χ4n) is 5.19. The van der Waals surface area contributed by atoms with E-state index >= 15 is 0 Å². The number of hydrogen-bond donors (Lipinski definition) is 1. The highest BCUT2D eigenvalue weighted by Gasteiger charge is 2.34. The number of likely N-dealkylation sites (tertiary alicyclic amines) is 2. The van der Waals surface area contributed by atoms with Gasteiger partial charge < -0.3 is 19.6 Å². The molecule has 184 valence electrons. The van der Waals surface area contributed by atoms with E-state index in [1.807, 2.05) is 17.0 Å². The van der Waals surface area contributed by atoms with Crippen LogP contribution in [0.1, 0.15) is 48.0 Å². The predicted molar refractivity (Wildman–Crippen MR) is 137 cm³/mol. The molecule has 0 bridgehead atoms. The van der Waals surface area contributed by atoms with Crippen molar-refractivity contribution in [1.82, 2.24) is 9.80 Å². The Bertz CT molecular complexity index is 992. The third-order valence-corrected chi connectivity index (χ3v) is 8.02. The Morgan fingerprint density at radius 3 is 2.65 bits per heavy atom. The number of rotatable bonds is 8. The zero-order chi connectivity index (χ0) is 24.1. The molecule has 2 heterocycles. The van der Waals surface area contributed by atoms with Gasteiger partial charge in [0.1, 0.15) is 5.75 Å². The molecule has 0 spiro atoms. The molecule has 34 heavy (non-hydrogen) atoms. The molecule has 1 amide bonds. The maximum absolute atomic E-state index is 12.8. The second-order valence-electron chi connectivity index (χ2n) is 9.76. The van der Waals surface area contributed by atoms with Crippen LogP contribution in [0.2, 0.25) is 10.0 Å². The van der Waals surface area contributed by atoms with Crippen LogP contribution < -0.4 is 4.74 Å². The van der Waals surface area contributed by atoms with Gasteiger partial charge in [0, 0.05) is 38.3 Å². The van der Waals surface area contributed by atoms with Crippen molar-refractivity contribution in [2.75, 3.05) is 39.8 Å². The van der Waals surface area contributed by atoms with Crippen LogP contribution in [0.4, 0.5) is 0 Å². The maximum Gasteiger partial charge on any atom is 0.253 e. The predicted octanol–water partition coefficient (Wildman–Crippen LogP) is 5.31. The molecule has 1 atom stereocenters. The van der Waals surface area contributed by atoms with Gasteiger partial charge in [-0.25, -0.2) is 0 Å². The highest BCUT2D eigenvalue weighted by atomic mass is 35.5. The summed E-state index contributed by atoms with van der Waals surface area (Å²) in [6.45, 7) is 4.33. The van der Waals surface area contributed by atoms with Crippen LogP contribution in [-0.4, -0.2) is 66.2 Å². The lowest BCUT2D eigenvalue weighted by atomic mass is 9.85. The van der Waals surface area contributed by atoms with Gasteiger partial charge >= 0.3 is 0 Å². The van der Waals surface area contributed by atoms with Gasteiger partial charge in [-0.3, -0.25) is 4.79 Å². The Morgan fingerprint density at radius 2 is 1.91 bits per heavy atom. The number of hydrogen-bond acceptors (Lipinski definition) is 4. The number of carbonyl (C=O) groups excluding carboxylic acids is 1. The Hall–Kier alpha value is -1.79. The molecule has 0 radical (unpaired) electrons. The monoisotopic (exact) mass is 504 g/mol. The summed E-state index contributed by atoms with van der Waals surface area (Å²) >= 11 is 12.1. The number of aliphatic hydroxyl groups is 1. The van der Waals surface area contributed by atoms with Crippen molar-refractivity contribution in [1.29, 1.82) is 0 Å². The number of benzene rings is 2. The molecule has 2 aliphatic heterocycles. The molecule has 2 aromatic rings. The summed E-state index contributed by atoms with van der Waals surface area (Å²) in [7, 11) is 1.69. The second-order valence-corrected chi connectivity index (χ2v) is 10.6. The smallest absolute Gasteiger partial charge is 0.253 e. The molecule has 7 heteroatoms. The molecule has 2 fully saturated rings. The van der Waals surface area contributed by atoms with Gasteiger partial charge in [-0.1, -0.05) is 35.3 Å². The van der Waals surface area contributed by atoms with E-state index in [9.17, 15) is 9.90 Å². The first kappa shape index (κ1) is 25.3. The standard InChI is InChI=1S/C27H34Cl2N2O3/c1-34-23-6-2-4-20(16-23)5-3-10-27(33)11-14-30(15-12-27)18-21-9-13-31(19-21)26(32)22-7-8-24(28)25(29)17-22/h2,4,6-8,16-17,21,33H,3,5,9-15,18-19H2,1H3. The van der Waals surface area contributed by atoms with E-state index in [1.54, 1.807) is 25.3 Å². The number of methoxy groups -OCH3 is 1. The van der Waals surface area contributed by atoms with Crippen LogP contribution in [0, 0.1) is 5.92 Å². The van der Waals surface area contributed by atoms with Crippen LogP contribution in [0.15, 0.2) is 42.5 Å². The van der Waals surface area contributed by atoms with Gasteiger partial charge in [0.25, 0.3) is 5.91 Å². The molecule has 2 saturated heterocycles. The van der Waals surface area contributed by atoms with E-state index in [4.69, 9.17) is 27.9 Å². The molecule has 0 aromatic heterocycles. The van der Waals surface area contributed by atoms with Crippen molar-refractivity contribution in [3.8, 4) is 5.75 Å². The van der Waals surface area contributed by atoms with E-state index in [1.165, 1.54) is 5.56 Å². The molecule has 5 nitrogen and oxygen atoms in total. The first-order chi connectivity index (χ1) is 16.3. The lowest BCUT2D eigenvalue weighted by Crippen LogP contribution is -2.46. The molecule has 4 rings (SSSR count). The maximum atomic E-state index is 12.8. The minimum Gasteiger partial charge on any atom is -0.497 e. The number of carbonyl (C=O) groups is 1. The Balaban J connectivity index is 1.19. The van der Waals surface area contributed by atoms with Crippen molar-refractivity contribution in [2.45, 2.75) is 44.1 Å². The van der Waals surface area contributed by atoms with E-state index in [-0.39, 0.29) is 5.91 Å². The summed E-state index contributed by atoms with van der Waals surface area (Å²) in [5.74, 6) is 1.37. The zero-order valence-electron chi connectivity index (χ0n) is 19.8. The number of aryl methyl sites for hydroxylation is 1. The molecule has 0 saturated carbocycles. The van der Waals surface area contributed by atoms with Crippen LogP contribution in [0.25, 0.3) is 0 Å². The van der Waals surface area contributed by atoms with Gasteiger partial charge in [0.2, 0.25) is 0 Å². The summed E-state index contributed by atoms with van der Waals surface area (Å²) in [4.78, 5) is 17.2. The van der Waals surface area contributed by atoms with Crippen molar-refractivity contribution in [3.63, 3.8) is 0 Å². The number of piperidine rings is 1. The Kier molecular flexibility index (Phi) is 8.41. The van der Waals surface area contributed by atoms with Gasteiger partial charge in [-0.05, 0) is 80.3 Å². The van der Waals surface area contributed by atoms with Crippen molar-refractivity contribution < 1.29 is 14.6 Å².